The largest absolute Gasteiger partial charge is 0.481 e. The van der Waals surface area contributed by atoms with Crippen LogP contribution < -0.4 is 4.74 Å². The second-order valence-corrected chi connectivity index (χ2v) is 5.77. The fourth-order valence-corrected chi connectivity index (χ4v) is 2.19. The minimum atomic E-state index is -0.132. The number of imidazole rings is 1. The van der Waals surface area contributed by atoms with Gasteiger partial charge in [-0.25, -0.2) is 4.98 Å². The molecule has 104 valence electrons. The second-order valence-electron chi connectivity index (χ2n) is 5.12. The zero-order chi connectivity index (χ0) is 14.0. The zero-order valence-corrected chi connectivity index (χ0v) is 12.6. The molecule has 2 heterocycles. The lowest BCUT2D eigenvalue weighted by Crippen LogP contribution is -2.07. The van der Waals surface area contributed by atoms with Crippen LogP contribution in [0.15, 0.2) is 12.1 Å². The highest BCUT2D eigenvalue weighted by molar-refractivity contribution is 6.20. The first kappa shape index (κ1) is 14.1. The summed E-state index contributed by atoms with van der Waals surface area (Å²) in [5.74, 6) is 2.10. The van der Waals surface area contributed by atoms with Crippen LogP contribution in [0.1, 0.15) is 38.4 Å². The molecule has 0 N–H and O–H groups in total. The van der Waals surface area contributed by atoms with Gasteiger partial charge in [0.15, 0.2) is 5.65 Å². The van der Waals surface area contributed by atoms with E-state index < -0.39 is 0 Å². The number of rotatable bonds is 5. The summed E-state index contributed by atoms with van der Waals surface area (Å²) < 4.78 is 7.29. The number of alkyl halides is 1. The van der Waals surface area contributed by atoms with E-state index in [2.05, 4.69) is 28.4 Å². The van der Waals surface area contributed by atoms with Gasteiger partial charge in [0.05, 0.1) is 12.5 Å². The predicted octanol–water partition coefficient (Wildman–Crippen LogP) is 3.79. The fourth-order valence-electron chi connectivity index (χ4n) is 2.03. The van der Waals surface area contributed by atoms with E-state index in [4.69, 9.17) is 16.3 Å². The molecule has 2 aromatic rings. The molecule has 19 heavy (non-hydrogen) atoms. The Bertz CT molecular complexity index is 563. The topological polar surface area (TPSA) is 39.9 Å². The molecule has 0 radical (unpaired) electrons. The highest BCUT2D eigenvalue weighted by Crippen LogP contribution is 2.25. The van der Waals surface area contributed by atoms with Crippen molar-refractivity contribution >= 4 is 22.8 Å². The highest BCUT2D eigenvalue weighted by atomic mass is 35.5. The number of hydrogen-bond acceptors (Lipinski definition) is 3. The first-order valence-corrected chi connectivity index (χ1v) is 7.01. The van der Waals surface area contributed by atoms with Crippen molar-refractivity contribution in [1.82, 2.24) is 14.5 Å². The number of ether oxygens (including phenoxy) is 1. The van der Waals surface area contributed by atoms with E-state index >= 15 is 0 Å². The summed E-state index contributed by atoms with van der Waals surface area (Å²) in [5.41, 5.74) is 1.72. The number of pyridine rings is 1. The SMILES string of the molecule is COc1ccc2nc(C(C)Cl)n(CCC(C)C)c2n1. The smallest absolute Gasteiger partial charge is 0.215 e. The van der Waals surface area contributed by atoms with Crippen LogP contribution in [0, 0.1) is 5.92 Å². The number of aromatic nitrogens is 3. The first-order chi connectivity index (χ1) is 9.02. The summed E-state index contributed by atoms with van der Waals surface area (Å²) in [5, 5.41) is -0.132. The molecule has 1 unspecified atom stereocenters. The van der Waals surface area contributed by atoms with Gasteiger partial charge in [-0.1, -0.05) is 13.8 Å². The molecule has 0 aliphatic carbocycles. The molecular formula is C14H20ClN3O. The van der Waals surface area contributed by atoms with Crippen molar-refractivity contribution in [3.05, 3.63) is 18.0 Å². The quantitative estimate of drug-likeness (QED) is 0.783. The Morgan fingerprint density at radius 3 is 2.58 bits per heavy atom. The normalized spacial score (nSPS) is 13.2. The maximum absolute atomic E-state index is 6.23. The average Bonchev–Trinajstić information content (AvgIpc) is 2.74. The van der Waals surface area contributed by atoms with Gasteiger partial charge in [-0.2, -0.15) is 4.98 Å². The molecule has 4 nitrogen and oxygen atoms in total. The van der Waals surface area contributed by atoms with E-state index in [9.17, 15) is 0 Å². The van der Waals surface area contributed by atoms with E-state index in [-0.39, 0.29) is 5.38 Å². The van der Waals surface area contributed by atoms with Gasteiger partial charge in [-0.15, -0.1) is 11.6 Å². The Morgan fingerprint density at radius 1 is 1.26 bits per heavy atom. The third-order valence-electron chi connectivity index (χ3n) is 3.09. The van der Waals surface area contributed by atoms with Crippen molar-refractivity contribution in [3.8, 4) is 5.88 Å². The van der Waals surface area contributed by atoms with Crippen molar-refractivity contribution in [2.24, 2.45) is 5.92 Å². The molecule has 0 amide bonds. The van der Waals surface area contributed by atoms with E-state index in [1.54, 1.807) is 7.11 Å². The van der Waals surface area contributed by atoms with Gasteiger partial charge in [0.1, 0.15) is 11.3 Å². The molecule has 0 spiro atoms. The third-order valence-corrected chi connectivity index (χ3v) is 3.29. The number of halogens is 1. The summed E-state index contributed by atoms with van der Waals surface area (Å²) in [6.07, 6.45) is 1.07. The van der Waals surface area contributed by atoms with E-state index in [1.807, 2.05) is 19.1 Å². The maximum atomic E-state index is 6.23. The number of hydrogen-bond donors (Lipinski definition) is 0. The minimum Gasteiger partial charge on any atom is -0.481 e. The van der Waals surface area contributed by atoms with E-state index in [0.717, 1.165) is 30.0 Å². The van der Waals surface area contributed by atoms with Crippen molar-refractivity contribution in [3.63, 3.8) is 0 Å². The number of fused-ring (bicyclic) bond motifs is 1. The molecule has 0 bridgehead atoms. The van der Waals surface area contributed by atoms with Gasteiger partial charge in [0.2, 0.25) is 5.88 Å². The van der Waals surface area contributed by atoms with Crippen LogP contribution in [0.3, 0.4) is 0 Å². The molecule has 2 rings (SSSR count). The lowest BCUT2D eigenvalue weighted by atomic mass is 10.1. The van der Waals surface area contributed by atoms with Crippen molar-refractivity contribution in [2.75, 3.05) is 7.11 Å². The fraction of sp³-hybridized carbons (Fsp3) is 0.571. The van der Waals surface area contributed by atoms with Gasteiger partial charge in [-0.3, -0.25) is 0 Å². The molecule has 1 atom stereocenters. The van der Waals surface area contributed by atoms with Gasteiger partial charge >= 0.3 is 0 Å². The summed E-state index contributed by atoms with van der Waals surface area (Å²) in [7, 11) is 1.62. The van der Waals surface area contributed by atoms with Gasteiger partial charge in [0, 0.05) is 12.6 Å². The number of methoxy groups -OCH3 is 1. The molecule has 0 aliphatic rings. The van der Waals surface area contributed by atoms with Gasteiger partial charge < -0.3 is 9.30 Å². The van der Waals surface area contributed by atoms with Crippen LogP contribution in [0.5, 0.6) is 5.88 Å². The summed E-state index contributed by atoms with van der Waals surface area (Å²) in [6.45, 7) is 7.22. The molecule has 0 saturated carbocycles. The Labute approximate surface area is 118 Å². The van der Waals surface area contributed by atoms with Crippen molar-refractivity contribution in [2.45, 2.75) is 39.1 Å². The zero-order valence-electron chi connectivity index (χ0n) is 11.9. The second kappa shape index (κ2) is 5.78. The molecule has 0 aromatic carbocycles. The Morgan fingerprint density at radius 2 is 2.00 bits per heavy atom. The van der Waals surface area contributed by atoms with Gasteiger partial charge in [0.25, 0.3) is 0 Å². The minimum absolute atomic E-state index is 0.132. The van der Waals surface area contributed by atoms with Crippen molar-refractivity contribution in [1.29, 1.82) is 0 Å². The summed E-state index contributed by atoms with van der Waals surface area (Å²) in [6, 6.07) is 3.75. The van der Waals surface area contributed by atoms with E-state index in [0.29, 0.717) is 11.8 Å². The van der Waals surface area contributed by atoms with E-state index in [1.165, 1.54) is 0 Å². The Kier molecular flexibility index (Phi) is 4.30. The summed E-state index contributed by atoms with van der Waals surface area (Å²) in [4.78, 5) is 9.07. The molecule has 0 aliphatic heterocycles. The van der Waals surface area contributed by atoms with Crippen LogP contribution >= 0.6 is 11.6 Å². The standard InChI is InChI=1S/C14H20ClN3O/c1-9(2)7-8-18-13(10(3)15)16-11-5-6-12(19-4)17-14(11)18/h5-6,9-10H,7-8H2,1-4H3. The Hall–Kier alpha value is -1.29. The number of aryl methyl sites for hydroxylation is 1. The van der Waals surface area contributed by atoms with Crippen LogP contribution in [0.4, 0.5) is 0 Å². The van der Waals surface area contributed by atoms with Crippen LogP contribution in [0.25, 0.3) is 11.2 Å². The molecule has 2 aromatic heterocycles. The molecule has 0 saturated heterocycles. The lowest BCUT2D eigenvalue weighted by Gasteiger charge is -2.11. The summed E-state index contributed by atoms with van der Waals surface area (Å²) >= 11 is 6.23. The third kappa shape index (κ3) is 3.00. The lowest BCUT2D eigenvalue weighted by molar-refractivity contribution is 0.398. The first-order valence-electron chi connectivity index (χ1n) is 6.58. The van der Waals surface area contributed by atoms with Crippen LogP contribution in [-0.2, 0) is 6.54 Å². The molecule has 0 fully saturated rings. The van der Waals surface area contributed by atoms with Crippen molar-refractivity contribution < 1.29 is 4.74 Å². The maximum Gasteiger partial charge on any atom is 0.215 e. The Balaban J connectivity index is 2.50. The average molecular weight is 282 g/mol. The molecule has 5 heteroatoms. The van der Waals surface area contributed by atoms with Crippen LogP contribution in [0.2, 0.25) is 0 Å². The highest BCUT2D eigenvalue weighted by Gasteiger charge is 2.16. The predicted molar refractivity (Wildman–Crippen MR) is 77.8 cm³/mol. The van der Waals surface area contributed by atoms with Gasteiger partial charge in [-0.05, 0) is 25.3 Å². The molecular weight excluding hydrogens is 262 g/mol. The number of nitrogens with zero attached hydrogens (tertiary/aromatic N) is 3. The monoisotopic (exact) mass is 281 g/mol. The van der Waals surface area contributed by atoms with Crippen LogP contribution in [-0.4, -0.2) is 21.6 Å².